The summed E-state index contributed by atoms with van der Waals surface area (Å²) in [5.41, 5.74) is 3.67. The van der Waals surface area contributed by atoms with Gasteiger partial charge in [0.2, 0.25) is 0 Å². The van der Waals surface area contributed by atoms with E-state index >= 15 is 0 Å². The maximum atomic E-state index is 11.6. The Kier molecular flexibility index (Phi) is 3.51. The number of aryl methyl sites for hydroxylation is 1. The number of hydrogen-bond donors (Lipinski definition) is 1. The Morgan fingerprint density at radius 2 is 2.41 bits per heavy atom. The van der Waals surface area contributed by atoms with E-state index in [9.17, 15) is 4.79 Å². The van der Waals surface area contributed by atoms with Crippen molar-refractivity contribution >= 4 is 23.7 Å². The van der Waals surface area contributed by atoms with Crippen LogP contribution in [-0.2, 0) is 0 Å². The van der Waals surface area contributed by atoms with Crippen LogP contribution in [0.1, 0.15) is 21.1 Å². The van der Waals surface area contributed by atoms with Crippen molar-refractivity contribution in [2.24, 2.45) is 5.10 Å². The van der Waals surface area contributed by atoms with Crippen molar-refractivity contribution in [1.29, 1.82) is 0 Å². The monoisotopic (exact) mass is 247 g/mol. The molecule has 0 aliphatic rings. The van der Waals surface area contributed by atoms with Gasteiger partial charge >= 0.3 is 0 Å². The molecule has 0 radical (unpaired) electrons. The molecule has 1 N–H and O–H groups in total. The molecule has 0 saturated carbocycles. The van der Waals surface area contributed by atoms with Crippen molar-refractivity contribution in [2.75, 3.05) is 0 Å². The van der Waals surface area contributed by atoms with Crippen LogP contribution in [0.5, 0.6) is 0 Å². The molecular formula is C10H9N5OS. The van der Waals surface area contributed by atoms with Crippen molar-refractivity contribution in [1.82, 2.24) is 20.0 Å². The third-order valence-electron chi connectivity index (χ3n) is 1.91. The molecule has 0 aromatic carbocycles. The summed E-state index contributed by atoms with van der Waals surface area (Å²) in [7, 11) is 0. The largest absolute Gasteiger partial charge is 0.285 e. The van der Waals surface area contributed by atoms with Gasteiger partial charge in [-0.15, -0.1) is 5.10 Å². The minimum Gasteiger partial charge on any atom is -0.266 e. The molecule has 0 atom stereocenters. The molecule has 86 valence electrons. The van der Waals surface area contributed by atoms with E-state index in [4.69, 9.17) is 0 Å². The average molecular weight is 247 g/mol. The highest BCUT2D eigenvalue weighted by molar-refractivity contribution is 7.07. The maximum Gasteiger partial charge on any atom is 0.285 e. The zero-order chi connectivity index (χ0) is 12.1. The molecule has 0 spiro atoms. The van der Waals surface area contributed by atoms with Crippen LogP contribution >= 0.6 is 11.5 Å². The molecule has 0 aliphatic heterocycles. The minimum absolute atomic E-state index is 0.315. The van der Waals surface area contributed by atoms with Crippen molar-refractivity contribution in [3.05, 3.63) is 40.7 Å². The van der Waals surface area contributed by atoms with E-state index in [0.29, 0.717) is 16.3 Å². The second-order valence-electron chi connectivity index (χ2n) is 3.14. The van der Waals surface area contributed by atoms with Gasteiger partial charge in [0.25, 0.3) is 5.91 Å². The van der Waals surface area contributed by atoms with Gasteiger partial charge in [0.05, 0.1) is 17.6 Å². The molecule has 6 nitrogen and oxygen atoms in total. The van der Waals surface area contributed by atoms with Crippen LogP contribution in [0.3, 0.4) is 0 Å². The summed E-state index contributed by atoms with van der Waals surface area (Å²) in [6, 6.07) is 5.44. The Labute approximate surface area is 102 Å². The SMILES string of the molecule is Cc1nnsc1C(=O)N/N=C/c1ccccn1. The molecule has 2 aromatic rings. The fraction of sp³-hybridized carbons (Fsp3) is 0.100. The van der Waals surface area contributed by atoms with Gasteiger partial charge in [-0.1, -0.05) is 10.6 Å². The maximum absolute atomic E-state index is 11.6. The lowest BCUT2D eigenvalue weighted by atomic mass is 10.4. The molecule has 0 bridgehead atoms. The molecule has 0 unspecified atom stereocenters. The van der Waals surface area contributed by atoms with E-state index in [2.05, 4.69) is 25.1 Å². The summed E-state index contributed by atoms with van der Waals surface area (Å²) in [4.78, 5) is 16.1. The van der Waals surface area contributed by atoms with Crippen molar-refractivity contribution in [3.63, 3.8) is 0 Å². The normalized spacial score (nSPS) is 10.6. The summed E-state index contributed by atoms with van der Waals surface area (Å²) in [5.74, 6) is -0.315. The summed E-state index contributed by atoms with van der Waals surface area (Å²) in [6.07, 6.45) is 3.13. The molecule has 17 heavy (non-hydrogen) atoms. The van der Waals surface area contributed by atoms with Gasteiger partial charge in [0.1, 0.15) is 4.88 Å². The lowest BCUT2D eigenvalue weighted by Crippen LogP contribution is -2.17. The van der Waals surface area contributed by atoms with E-state index < -0.39 is 0 Å². The van der Waals surface area contributed by atoms with Crippen LogP contribution in [0.4, 0.5) is 0 Å². The fourth-order valence-corrected chi connectivity index (χ4v) is 1.65. The minimum atomic E-state index is -0.315. The Balaban J connectivity index is 1.98. The number of carbonyl (C=O) groups is 1. The van der Waals surface area contributed by atoms with E-state index in [0.717, 1.165) is 11.5 Å². The van der Waals surface area contributed by atoms with Crippen LogP contribution in [-0.4, -0.2) is 26.7 Å². The highest BCUT2D eigenvalue weighted by Crippen LogP contribution is 2.07. The highest BCUT2D eigenvalue weighted by Gasteiger charge is 2.11. The van der Waals surface area contributed by atoms with Crippen molar-refractivity contribution < 1.29 is 4.79 Å². The number of nitrogens with zero attached hydrogens (tertiary/aromatic N) is 4. The third-order valence-corrected chi connectivity index (χ3v) is 2.74. The van der Waals surface area contributed by atoms with Crippen LogP contribution < -0.4 is 5.43 Å². The molecule has 0 saturated heterocycles. The van der Waals surface area contributed by atoms with E-state index in [1.807, 2.05) is 12.1 Å². The van der Waals surface area contributed by atoms with Gasteiger partial charge in [-0.3, -0.25) is 9.78 Å². The summed E-state index contributed by atoms with van der Waals surface area (Å²) in [6.45, 7) is 1.72. The number of amides is 1. The van der Waals surface area contributed by atoms with Gasteiger partial charge in [-0.2, -0.15) is 5.10 Å². The number of aromatic nitrogens is 3. The zero-order valence-electron chi connectivity index (χ0n) is 8.99. The molecule has 1 amide bonds. The first-order valence-corrected chi connectivity index (χ1v) is 5.58. The molecular weight excluding hydrogens is 238 g/mol. The molecule has 7 heteroatoms. The van der Waals surface area contributed by atoms with Gasteiger partial charge in [-0.05, 0) is 30.6 Å². The molecule has 0 aliphatic carbocycles. The summed E-state index contributed by atoms with van der Waals surface area (Å²) < 4.78 is 3.68. The molecule has 2 rings (SSSR count). The van der Waals surface area contributed by atoms with E-state index in [-0.39, 0.29) is 5.91 Å². The highest BCUT2D eigenvalue weighted by atomic mass is 32.1. The summed E-state index contributed by atoms with van der Waals surface area (Å²) >= 11 is 1.04. The van der Waals surface area contributed by atoms with Gasteiger partial charge in [-0.25, -0.2) is 5.43 Å². The zero-order valence-corrected chi connectivity index (χ0v) is 9.81. The molecule has 0 fully saturated rings. The van der Waals surface area contributed by atoms with Crippen molar-refractivity contribution in [2.45, 2.75) is 6.92 Å². The predicted octanol–water partition coefficient (Wildman–Crippen LogP) is 1.01. The Morgan fingerprint density at radius 1 is 1.53 bits per heavy atom. The third kappa shape index (κ3) is 2.91. The van der Waals surface area contributed by atoms with E-state index in [1.165, 1.54) is 6.21 Å². The Hall–Kier alpha value is -2.15. The fourth-order valence-electron chi connectivity index (χ4n) is 1.10. The summed E-state index contributed by atoms with van der Waals surface area (Å²) in [5, 5.41) is 7.55. The van der Waals surface area contributed by atoms with Crippen LogP contribution in [0.25, 0.3) is 0 Å². The van der Waals surface area contributed by atoms with Crippen LogP contribution in [0.2, 0.25) is 0 Å². The van der Waals surface area contributed by atoms with Crippen LogP contribution in [0, 0.1) is 6.92 Å². The molecule has 2 heterocycles. The first-order chi connectivity index (χ1) is 8.27. The smallest absolute Gasteiger partial charge is 0.266 e. The first-order valence-electron chi connectivity index (χ1n) is 4.81. The van der Waals surface area contributed by atoms with Crippen molar-refractivity contribution in [3.8, 4) is 0 Å². The number of rotatable bonds is 3. The number of hydrazone groups is 1. The first kappa shape index (κ1) is 11.3. The number of carbonyl (C=O) groups excluding carboxylic acids is 1. The lowest BCUT2D eigenvalue weighted by Gasteiger charge is -1.95. The molecule has 2 aromatic heterocycles. The van der Waals surface area contributed by atoms with E-state index in [1.54, 1.807) is 19.2 Å². The second kappa shape index (κ2) is 5.26. The Morgan fingerprint density at radius 3 is 3.06 bits per heavy atom. The Bertz CT molecular complexity index is 537. The second-order valence-corrected chi connectivity index (χ2v) is 3.90. The number of nitrogens with one attached hydrogen (secondary N) is 1. The van der Waals surface area contributed by atoms with Gasteiger partial charge in [0, 0.05) is 6.20 Å². The standard InChI is InChI=1S/C10H9N5OS/c1-7-9(17-15-13-7)10(16)14-12-6-8-4-2-3-5-11-8/h2-6H,1H3,(H,14,16)/b12-6+. The number of pyridine rings is 1. The van der Waals surface area contributed by atoms with Gasteiger partial charge in [0.15, 0.2) is 0 Å². The average Bonchev–Trinajstić information content (AvgIpc) is 2.77. The lowest BCUT2D eigenvalue weighted by molar-refractivity contribution is 0.0958. The topological polar surface area (TPSA) is 80.1 Å². The van der Waals surface area contributed by atoms with Crippen LogP contribution in [0.15, 0.2) is 29.5 Å². The number of hydrogen-bond acceptors (Lipinski definition) is 6. The predicted molar refractivity (Wildman–Crippen MR) is 63.9 cm³/mol. The van der Waals surface area contributed by atoms with Gasteiger partial charge < -0.3 is 0 Å². The quantitative estimate of drug-likeness (QED) is 0.648.